The maximum Gasteiger partial charge on any atom is 0.250 e. The van der Waals surface area contributed by atoms with Gasteiger partial charge in [-0.1, -0.05) is 18.2 Å². The van der Waals surface area contributed by atoms with Gasteiger partial charge >= 0.3 is 0 Å². The molecule has 3 nitrogen and oxygen atoms in total. The normalized spacial score (nSPS) is 14.4. The van der Waals surface area contributed by atoms with E-state index in [0.717, 1.165) is 4.88 Å². The molecule has 1 aromatic carbocycles. The van der Waals surface area contributed by atoms with Crippen molar-refractivity contribution in [1.29, 1.82) is 0 Å². The zero-order chi connectivity index (χ0) is 11.6. The molecule has 1 aromatic heterocycles. The summed E-state index contributed by atoms with van der Waals surface area (Å²) in [5.41, 5.74) is 2.27. The van der Waals surface area contributed by atoms with Gasteiger partial charge in [0, 0.05) is 11.8 Å². The first-order valence-electron chi connectivity index (χ1n) is 4.96. The van der Waals surface area contributed by atoms with Crippen LogP contribution in [0.1, 0.15) is 17.5 Å². The van der Waals surface area contributed by atoms with E-state index in [1.165, 1.54) is 11.3 Å². The number of para-hydroxylation sites is 1. The number of hydrogen-bond donors (Lipinski definition) is 1. The highest BCUT2D eigenvalue weighted by atomic mass is 32.1. The highest BCUT2D eigenvalue weighted by Gasteiger charge is 2.29. The van der Waals surface area contributed by atoms with E-state index in [4.69, 9.17) is 4.74 Å². The highest BCUT2D eigenvalue weighted by molar-refractivity contribution is 7.09. The minimum absolute atomic E-state index is 0.571. The van der Waals surface area contributed by atoms with Gasteiger partial charge < -0.3 is 9.84 Å². The maximum atomic E-state index is 10.2. The summed E-state index contributed by atoms with van der Waals surface area (Å²) in [7, 11) is 0. The first-order chi connectivity index (χ1) is 7.59. The zero-order valence-electron chi connectivity index (χ0n) is 9.18. The fraction of sp³-hybridized carbons (Fsp3) is 0.250. The Labute approximate surface area is 98.4 Å². The Morgan fingerprint density at radius 1 is 1.31 bits per heavy atom. The molecule has 0 aliphatic carbocycles. The Bertz CT molecular complexity index is 465. The van der Waals surface area contributed by atoms with Crippen LogP contribution in [0.4, 0.5) is 0 Å². The van der Waals surface area contributed by atoms with Gasteiger partial charge in [0.05, 0.1) is 5.51 Å². The SMILES string of the molecule is Cc1scnc1C(C)(O)Oc1ccccc1. The molecule has 1 N–H and O–H groups in total. The topological polar surface area (TPSA) is 42.4 Å². The zero-order valence-corrected chi connectivity index (χ0v) is 9.99. The van der Waals surface area contributed by atoms with E-state index in [2.05, 4.69) is 4.98 Å². The van der Waals surface area contributed by atoms with Crippen molar-refractivity contribution in [3.8, 4) is 5.75 Å². The molecular formula is C12H13NO2S. The van der Waals surface area contributed by atoms with Crippen LogP contribution in [0.25, 0.3) is 0 Å². The molecular weight excluding hydrogens is 222 g/mol. The van der Waals surface area contributed by atoms with Crippen molar-refractivity contribution in [3.63, 3.8) is 0 Å². The molecule has 4 heteroatoms. The number of nitrogens with zero attached hydrogens (tertiary/aromatic N) is 1. The molecule has 0 amide bonds. The second-order valence-electron chi connectivity index (χ2n) is 3.66. The molecule has 0 radical (unpaired) electrons. The second-order valence-corrected chi connectivity index (χ2v) is 4.71. The standard InChI is InChI=1S/C12H13NO2S/c1-9-11(13-8-16-9)12(2,14)15-10-6-4-3-5-7-10/h3-8,14H,1-2H3. The van der Waals surface area contributed by atoms with E-state index in [-0.39, 0.29) is 0 Å². The van der Waals surface area contributed by atoms with E-state index in [1.807, 2.05) is 25.1 Å². The van der Waals surface area contributed by atoms with Crippen LogP contribution in [-0.2, 0) is 5.79 Å². The maximum absolute atomic E-state index is 10.2. The highest BCUT2D eigenvalue weighted by Crippen LogP contribution is 2.28. The second kappa shape index (κ2) is 4.23. The largest absolute Gasteiger partial charge is 0.457 e. The van der Waals surface area contributed by atoms with Crippen molar-refractivity contribution in [2.24, 2.45) is 0 Å². The van der Waals surface area contributed by atoms with Gasteiger partial charge in [-0.3, -0.25) is 0 Å². The summed E-state index contributed by atoms with van der Waals surface area (Å²) in [6, 6.07) is 9.22. The molecule has 2 rings (SSSR count). The number of ether oxygens (including phenoxy) is 1. The van der Waals surface area contributed by atoms with Gasteiger partial charge in [-0.2, -0.15) is 0 Å². The first kappa shape index (κ1) is 11.1. The number of rotatable bonds is 3. The minimum Gasteiger partial charge on any atom is -0.457 e. The van der Waals surface area contributed by atoms with Crippen molar-refractivity contribution < 1.29 is 9.84 Å². The summed E-state index contributed by atoms with van der Waals surface area (Å²) in [6.07, 6.45) is 0. The molecule has 1 atom stereocenters. The molecule has 0 saturated heterocycles. The van der Waals surface area contributed by atoms with Gasteiger partial charge in [-0.25, -0.2) is 4.98 Å². The summed E-state index contributed by atoms with van der Waals surface area (Å²) >= 11 is 1.49. The molecule has 1 heterocycles. The molecule has 84 valence electrons. The number of thiazole rings is 1. The number of aromatic nitrogens is 1. The average Bonchev–Trinajstić information content (AvgIpc) is 2.66. The lowest BCUT2D eigenvalue weighted by Crippen LogP contribution is -2.30. The van der Waals surface area contributed by atoms with Crippen molar-refractivity contribution in [2.75, 3.05) is 0 Å². The third kappa shape index (κ3) is 2.23. The first-order valence-corrected chi connectivity index (χ1v) is 5.84. The van der Waals surface area contributed by atoms with Crippen LogP contribution in [0.15, 0.2) is 35.8 Å². The Morgan fingerprint density at radius 3 is 2.56 bits per heavy atom. The lowest BCUT2D eigenvalue weighted by atomic mass is 10.2. The Kier molecular flexibility index (Phi) is 2.94. The molecule has 0 saturated carbocycles. The third-order valence-corrected chi connectivity index (χ3v) is 3.00. The molecule has 2 aromatic rings. The third-order valence-electron chi connectivity index (χ3n) is 2.24. The van der Waals surface area contributed by atoms with Crippen LogP contribution in [0.2, 0.25) is 0 Å². The van der Waals surface area contributed by atoms with Crippen LogP contribution in [-0.4, -0.2) is 10.1 Å². The van der Waals surface area contributed by atoms with E-state index in [9.17, 15) is 5.11 Å². The fourth-order valence-electron chi connectivity index (χ4n) is 1.52. The molecule has 1 unspecified atom stereocenters. The fourth-order valence-corrected chi connectivity index (χ4v) is 2.19. The Hall–Kier alpha value is -1.39. The average molecular weight is 235 g/mol. The quantitative estimate of drug-likeness (QED) is 0.832. The van der Waals surface area contributed by atoms with E-state index in [1.54, 1.807) is 24.6 Å². The molecule has 0 aliphatic heterocycles. The summed E-state index contributed by atoms with van der Waals surface area (Å²) in [5, 5.41) is 10.2. The molecule has 0 spiro atoms. The van der Waals surface area contributed by atoms with E-state index in [0.29, 0.717) is 11.4 Å². The van der Waals surface area contributed by atoms with Crippen molar-refractivity contribution >= 4 is 11.3 Å². The molecule has 16 heavy (non-hydrogen) atoms. The van der Waals surface area contributed by atoms with Crippen LogP contribution in [0.3, 0.4) is 0 Å². The van der Waals surface area contributed by atoms with Crippen LogP contribution < -0.4 is 4.74 Å². The number of benzene rings is 1. The van der Waals surface area contributed by atoms with Gasteiger partial charge in [0.25, 0.3) is 0 Å². The van der Waals surface area contributed by atoms with Gasteiger partial charge in [0.1, 0.15) is 11.4 Å². The lowest BCUT2D eigenvalue weighted by Gasteiger charge is -2.23. The lowest BCUT2D eigenvalue weighted by molar-refractivity contribution is -0.132. The van der Waals surface area contributed by atoms with Gasteiger partial charge in [0.15, 0.2) is 0 Å². The van der Waals surface area contributed by atoms with Crippen molar-refractivity contribution in [1.82, 2.24) is 4.98 Å². The Morgan fingerprint density at radius 2 is 2.00 bits per heavy atom. The van der Waals surface area contributed by atoms with Gasteiger partial charge in [-0.15, -0.1) is 11.3 Å². The number of aryl methyl sites for hydroxylation is 1. The smallest absolute Gasteiger partial charge is 0.250 e. The molecule has 0 bridgehead atoms. The van der Waals surface area contributed by atoms with Crippen molar-refractivity contribution in [2.45, 2.75) is 19.6 Å². The van der Waals surface area contributed by atoms with E-state index >= 15 is 0 Å². The predicted octanol–water partition coefficient (Wildman–Crippen LogP) is 2.70. The summed E-state index contributed by atoms with van der Waals surface area (Å²) < 4.78 is 5.53. The molecule has 0 aliphatic rings. The van der Waals surface area contributed by atoms with Crippen LogP contribution in [0.5, 0.6) is 5.75 Å². The van der Waals surface area contributed by atoms with E-state index < -0.39 is 5.79 Å². The predicted molar refractivity (Wildman–Crippen MR) is 63.5 cm³/mol. The van der Waals surface area contributed by atoms with Gasteiger partial charge in [0.2, 0.25) is 5.79 Å². The van der Waals surface area contributed by atoms with Crippen LogP contribution in [0, 0.1) is 6.92 Å². The van der Waals surface area contributed by atoms with Gasteiger partial charge in [-0.05, 0) is 19.1 Å². The van der Waals surface area contributed by atoms with Crippen molar-refractivity contribution in [3.05, 3.63) is 46.4 Å². The minimum atomic E-state index is -1.38. The summed E-state index contributed by atoms with van der Waals surface area (Å²) in [5.74, 6) is -0.759. The number of hydrogen-bond acceptors (Lipinski definition) is 4. The summed E-state index contributed by atoms with van der Waals surface area (Å²) in [6.45, 7) is 3.51. The Balaban J connectivity index is 2.24. The van der Waals surface area contributed by atoms with Crippen LogP contribution >= 0.6 is 11.3 Å². The monoisotopic (exact) mass is 235 g/mol. The molecule has 0 fully saturated rings. The number of aliphatic hydroxyl groups is 1. The summed E-state index contributed by atoms with van der Waals surface area (Å²) in [4.78, 5) is 5.09.